The van der Waals surface area contributed by atoms with Crippen LogP contribution in [-0.2, 0) is 24.8 Å². The highest BCUT2D eigenvalue weighted by Crippen LogP contribution is 2.25. The fourth-order valence-corrected chi connectivity index (χ4v) is 5.17. The molecule has 2 N–H and O–H groups in total. The zero-order valence-corrected chi connectivity index (χ0v) is 21.5. The normalized spacial score (nSPS) is 11.6. The first-order valence-electron chi connectivity index (χ1n) is 9.46. The van der Waals surface area contributed by atoms with Gasteiger partial charge in [-0.25, -0.2) is 21.2 Å². The Kier molecular flexibility index (Phi) is 7.86. The molecule has 180 valence electrons. The van der Waals surface area contributed by atoms with Crippen molar-refractivity contribution < 1.29 is 26.0 Å². The van der Waals surface area contributed by atoms with Crippen molar-refractivity contribution in [2.45, 2.75) is 4.90 Å². The summed E-state index contributed by atoms with van der Waals surface area (Å²) in [4.78, 5) is 12.5. The number of hydrogen-bond donors (Lipinski definition) is 2. The lowest BCUT2D eigenvalue weighted by molar-refractivity contribution is -0.114. The zero-order valence-electron chi connectivity index (χ0n) is 17.5. The van der Waals surface area contributed by atoms with Crippen LogP contribution in [0.5, 0.6) is 0 Å². The maximum Gasteiger partial charge on any atom is 0.261 e. The molecule has 0 spiro atoms. The summed E-state index contributed by atoms with van der Waals surface area (Å²) in [5, 5.41) is 2.21. The molecule has 0 heterocycles. The van der Waals surface area contributed by atoms with Crippen molar-refractivity contribution in [3.05, 3.63) is 82.0 Å². The molecular weight excluding hydrogens is 573 g/mol. The highest BCUT2D eigenvalue weighted by molar-refractivity contribution is 9.10. The number of carbonyl (C=O) groups is 1. The molecule has 0 aromatic heterocycles. The number of halogens is 3. The van der Waals surface area contributed by atoms with Gasteiger partial charge < -0.3 is 5.32 Å². The Balaban J connectivity index is 1.71. The molecule has 0 radical (unpaired) electrons. The summed E-state index contributed by atoms with van der Waals surface area (Å²) in [6, 6.07) is 15.2. The van der Waals surface area contributed by atoms with E-state index in [9.17, 15) is 26.0 Å². The number of sulfonamides is 2. The smallest absolute Gasteiger partial charge is 0.261 e. The second kappa shape index (κ2) is 10.3. The van der Waals surface area contributed by atoms with E-state index in [-0.39, 0.29) is 21.3 Å². The second-order valence-corrected chi connectivity index (χ2v) is 12.0. The lowest BCUT2D eigenvalue weighted by Gasteiger charge is -2.22. The first kappa shape index (κ1) is 25.9. The van der Waals surface area contributed by atoms with Gasteiger partial charge >= 0.3 is 0 Å². The van der Waals surface area contributed by atoms with Crippen LogP contribution in [0, 0.1) is 5.82 Å². The molecule has 13 heteroatoms. The van der Waals surface area contributed by atoms with E-state index in [1.165, 1.54) is 30.3 Å². The van der Waals surface area contributed by atoms with Gasteiger partial charge in [0.15, 0.2) is 0 Å². The second-order valence-electron chi connectivity index (χ2n) is 7.05. The highest BCUT2D eigenvalue weighted by atomic mass is 79.9. The number of anilines is 3. The molecule has 0 saturated heterocycles. The third-order valence-electron chi connectivity index (χ3n) is 4.42. The quantitative estimate of drug-likeness (QED) is 0.403. The van der Waals surface area contributed by atoms with Gasteiger partial charge in [-0.05, 0) is 66.7 Å². The fourth-order valence-electron chi connectivity index (χ4n) is 2.82. The fraction of sp³-hybridized carbons (Fsp3) is 0.0952. The first-order valence-corrected chi connectivity index (χ1v) is 14.0. The predicted octanol–water partition coefficient (Wildman–Crippen LogP) is 4.45. The Bertz CT molecular complexity index is 1420. The minimum absolute atomic E-state index is 0.0181. The number of hydrogen-bond acceptors (Lipinski definition) is 5. The number of rotatable bonds is 8. The van der Waals surface area contributed by atoms with Crippen LogP contribution in [0.1, 0.15) is 0 Å². The number of benzene rings is 3. The third kappa shape index (κ3) is 6.69. The minimum atomic E-state index is -3.89. The van der Waals surface area contributed by atoms with E-state index >= 15 is 0 Å². The lowest BCUT2D eigenvalue weighted by atomic mass is 10.3. The van der Waals surface area contributed by atoms with Gasteiger partial charge in [-0.3, -0.25) is 13.8 Å². The van der Waals surface area contributed by atoms with E-state index in [1.54, 1.807) is 24.3 Å². The van der Waals surface area contributed by atoms with Crippen molar-refractivity contribution in [2.75, 3.05) is 27.1 Å². The lowest BCUT2D eigenvalue weighted by Crippen LogP contribution is -2.37. The molecule has 34 heavy (non-hydrogen) atoms. The average Bonchev–Trinajstić information content (AvgIpc) is 2.75. The van der Waals surface area contributed by atoms with Crippen molar-refractivity contribution in [1.29, 1.82) is 0 Å². The van der Waals surface area contributed by atoms with E-state index in [0.717, 1.165) is 27.2 Å². The standard InChI is InChI=1S/C21H18BrClFN3O5S2/c1-33(29,30)27(17-8-11-20(24)19(23)12-17)13-21(28)25-15-6-9-18(10-7-15)34(31,32)26-16-4-2-14(22)3-5-16/h2-12,26H,13H2,1H3,(H,25,28). The highest BCUT2D eigenvalue weighted by Gasteiger charge is 2.22. The van der Waals surface area contributed by atoms with Crippen LogP contribution in [0.25, 0.3) is 0 Å². The molecule has 8 nitrogen and oxygen atoms in total. The van der Waals surface area contributed by atoms with Crippen LogP contribution in [0.2, 0.25) is 5.02 Å². The maximum atomic E-state index is 13.4. The topological polar surface area (TPSA) is 113 Å². The van der Waals surface area contributed by atoms with E-state index in [2.05, 4.69) is 26.0 Å². The Morgan fingerprint density at radius 3 is 2.12 bits per heavy atom. The molecule has 0 aliphatic heterocycles. The number of carbonyl (C=O) groups excluding carboxylic acids is 1. The summed E-state index contributed by atoms with van der Waals surface area (Å²) < 4.78 is 66.9. The summed E-state index contributed by atoms with van der Waals surface area (Å²) in [5.41, 5.74) is 0.644. The minimum Gasteiger partial charge on any atom is -0.325 e. The van der Waals surface area contributed by atoms with Gasteiger partial charge in [0.25, 0.3) is 10.0 Å². The van der Waals surface area contributed by atoms with Crippen LogP contribution in [-0.4, -0.2) is 35.5 Å². The molecule has 3 rings (SSSR count). The summed E-state index contributed by atoms with van der Waals surface area (Å²) in [5.74, 6) is -1.43. The van der Waals surface area contributed by atoms with Gasteiger partial charge in [0.1, 0.15) is 12.4 Å². The molecule has 0 saturated carbocycles. The van der Waals surface area contributed by atoms with E-state index in [1.807, 2.05) is 0 Å². The number of nitrogens with zero attached hydrogens (tertiary/aromatic N) is 1. The van der Waals surface area contributed by atoms with Crippen molar-refractivity contribution in [2.24, 2.45) is 0 Å². The van der Waals surface area contributed by atoms with E-state index < -0.39 is 38.3 Å². The summed E-state index contributed by atoms with van der Waals surface area (Å²) >= 11 is 9.00. The van der Waals surface area contributed by atoms with Crippen molar-refractivity contribution >= 4 is 70.5 Å². The third-order valence-corrected chi connectivity index (χ3v) is 7.78. The SMILES string of the molecule is CS(=O)(=O)N(CC(=O)Nc1ccc(S(=O)(=O)Nc2ccc(Br)cc2)cc1)c1ccc(F)c(Cl)c1. The maximum absolute atomic E-state index is 13.4. The summed E-state index contributed by atoms with van der Waals surface area (Å²) in [6.07, 6.45) is 0.898. The Morgan fingerprint density at radius 2 is 1.56 bits per heavy atom. The Morgan fingerprint density at radius 1 is 0.971 bits per heavy atom. The van der Waals surface area contributed by atoms with Gasteiger partial charge in [-0.2, -0.15) is 0 Å². The van der Waals surface area contributed by atoms with Crippen molar-refractivity contribution in [3.63, 3.8) is 0 Å². The Hall–Kier alpha value is -2.67. The molecular formula is C21H18BrClFN3O5S2. The van der Waals surface area contributed by atoms with Crippen LogP contribution in [0.4, 0.5) is 21.5 Å². The van der Waals surface area contributed by atoms with Gasteiger partial charge in [-0.1, -0.05) is 27.5 Å². The van der Waals surface area contributed by atoms with Gasteiger partial charge in [0, 0.05) is 15.8 Å². The molecule has 3 aromatic carbocycles. The summed E-state index contributed by atoms with van der Waals surface area (Å²) in [6.45, 7) is -0.605. The molecule has 3 aromatic rings. The molecule has 0 atom stereocenters. The monoisotopic (exact) mass is 589 g/mol. The van der Waals surface area contributed by atoms with Gasteiger partial charge in [0.05, 0.1) is 21.9 Å². The first-order chi connectivity index (χ1) is 15.8. The van der Waals surface area contributed by atoms with Crippen LogP contribution >= 0.6 is 27.5 Å². The Labute approximate surface area is 210 Å². The molecule has 0 aliphatic rings. The predicted molar refractivity (Wildman–Crippen MR) is 134 cm³/mol. The number of amides is 1. The largest absolute Gasteiger partial charge is 0.325 e. The van der Waals surface area contributed by atoms with Crippen LogP contribution in [0.3, 0.4) is 0 Å². The number of nitrogens with one attached hydrogen (secondary N) is 2. The molecule has 0 unspecified atom stereocenters. The van der Waals surface area contributed by atoms with E-state index in [0.29, 0.717) is 5.69 Å². The van der Waals surface area contributed by atoms with Crippen molar-refractivity contribution in [1.82, 2.24) is 0 Å². The molecule has 0 fully saturated rings. The van der Waals surface area contributed by atoms with Crippen LogP contribution in [0.15, 0.2) is 76.1 Å². The average molecular weight is 591 g/mol. The molecule has 0 bridgehead atoms. The molecule has 0 aliphatic carbocycles. The van der Waals surface area contributed by atoms with Gasteiger partial charge in [0.2, 0.25) is 15.9 Å². The van der Waals surface area contributed by atoms with E-state index in [4.69, 9.17) is 11.6 Å². The summed E-state index contributed by atoms with van der Waals surface area (Å²) in [7, 11) is -7.75. The molecule has 1 amide bonds. The zero-order chi connectivity index (χ0) is 25.1. The van der Waals surface area contributed by atoms with Gasteiger partial charge in [-0.15, -0.1) is 0 Å². The van der Waals surface area contributed by atoms with Crippen LogP contribution < -0.4 is 14.3 Å². The van der Waals surface area contributed by atoms with Crippen molar-refractivity contribution in [3.8, 4) is 0 Å².